The average Bonchev–Trinajstić information content (AvgIpc) is 1.82. The fourth-order valence-corrected chi connectivity index (χ4v) is 1.95. The van der Waals surface area contributed by atoms with Gasteiger partial charge in [-0.1, -0.05) is 20.8 Å². The summed E-state index contributed by atoms with van der Waals surface area (Å²) in [5.41, 5.74) is 0. The standard InChI is InChI=1S/C9H19N/c1-7-5-10(4)6-8(2)9(7)3/h7-9H,5-6H2,1-4H3/t7-,8+,9+. The maximum Gasteiger partial charge on any atom is 0.000674 e. The second-order valence-electron chi connectivity index (χ2n) is 4.03. The van der Waals surface area contributed by atoms with Crippen molar-refractivity contribution in [2.45, 2.75) is 20.8 Å². The maximum absolute atomic E-state index is 2.44. The third kappa shape index (κ3) is 1.51. The zero-order valence-corrected chi connectivity index (χ0v) is 7.59. The zero-order valence-electron chi connectivity index (χ0n) is 7.59. The van der Waals surface area contributed by atoms with Crippen molar-refractivity contribution in [3.05, 3.63) is 0 Å². The quantitative estimate of drug-likeness (QED) is 0.497. The molecule has 0 bridgehead atoms. The molecule has 0 saturated carbocycles. The fourth-order valence-electron chi connectivity index (χ4n) is 1.95. The third-order valence-electron chi connectivity index (χ3n) is 2.99. The molecule has 1 rings (SSSR count). The van der Waals surface area contributed by atoms with Gasteiger partial charge in [0.2, 0.25) is 0 Å². The number of likely N-dealkylation sites (tertiary alicyclic amines) is 1. The summed E-state index contributed by atoms with van der Waals surface area (Å²) < 4.78 is 0. The van der Waals surface area contributed by atoms with E-state index in [2.05, 4.69) is 32.7 Å². The lowest BCUT2D eigenvalue weighted by Crippen LogP contribution is -2.41. The van der Waals surface area contributed by atoms with Crippen molar-refractivity contribution in [3.8, 4) is 0 Å². The summed E-state index contributed by atoms with van der Waals surface area (Å²) in [7, 11) is 2.22. The van der Waals surface area contributed by atoms with Crippen molar-refractivity contribution in [3.63, 3.8) is 0 Å². The van der Waals surface area contributed by atoms with E-state index in [4.69, 9.17) is 0 Å². The van der Waals surface area contributed by atoms with Gasteiger partial charge >= 0.3 is 0 Å². The van der Waals surface area contributed by atoms with Crippen molar-refractivity contribution >= 4 is 0 Å². The first kappa shape index (κ1) is 8.06. The van der Waals surface area contributed by atoms with Crippen LogP contribution in [0.15, 0.2) is 0 Å². The number of hydrogen-bond acceptors (Lipinski definition) is 1. The monoisotopic (exact) mass is 141 g/mol. The Morgan fingerprint density at radius 1 is 1.00 bits per heavy atom. The highest BCUT2D eigenvalue weighted by molar-refractivity contribution is 4.77. The van der Waals surface area contributed by atoms with E-state index < -0.39 is 0 Å². The molecule has 0 unspecified atom stereocenters. The Balaban J connectivity index is 2.49. The highest BCUT2D eigenvalue weighted by Gasteiger charge is 2.26. The highest BCUT2D eigenvalue weighted by Crippen LogP contribution is 2.26. The van der Waals surface area contributed by atoms with E-state index in [1.165, 1.54) is 13.1 Å². The van der Waals surface area contributed by atoms with E-state index >= 15 is 0 Å². The number of nitrogens with zero attached hydrogens (tertiary/aromatic N) is 1. The predicted octanol–water partition coefficient (Wildman–Crippen LogP) is 1.84. The largest absolute Gasteiger partial charge is 0.306 e. The van der Waals surface area contributed by atoms with E-state index in [1.807, 2.05) is 0 Å². The number of hydrogen-bond donors (Lipinski definition) is 0. The van der Waals surface area contributed by atoms with Crippen molar-refractivity contribution in [2.24, 2.45) is 17.8 Å². The second-order valence-corrected chi connectivity index (χ2v) is 4.03. The summed E-state index contributed by atoms with van der Waals surface area (Å²) >= 11 is 0. The topological polar surface area (TPSA) is 3.24 Å². The van der Waals surface area contributed by atoms with Gasteiger partial charge in [-0.2, -0.15) is 0 Å². The van der Waals surface area contributed by atoms with Crippen LogP contribution < -0.4 is 0 Å². The van der Waals surface area contributed by atoms with Gasteiger partial charge in [0, 0.05) is 13.1 Å². The fraction of sp³-hybridized carbons (Fsp3) is 1.00. The summed E-state index contributed by atoms with van der Waals surface area (Å²) in [4.78, 5) is 2.44. The van der Waals surface area contributed by atoms with Gasteiger partial charge in [0.1, 0.15) is 0 Å². The van der Waals surface area contributed by atoms with Crippen LogP contribution in [0.1, 0.15) is 20.8 Å². The molecular weight excluding hydrogens is 122 g/mol. The van der Waals surface area contributed by atoms with Crippen LogP contribution in [-0.4, -0.2) is 25.0 Å². The smallest absolute Gasteiger partial charge is 0.000674 e. The van der Waals surface area contributed by atoms with E-state index in [0.717, 1.165) is 17.8 Å². The molecule has 3 atom stereocenters. The lowest BCUT2D eigenvalue weighted by Gasteiger charge is -2.37. The van der Waals surface area contributed by atoms with Crippen LogP contribution in [0.3, 0.4) is 0 Å². The molecule has 1 heterocycles. The minimum Gasteiger partial charge on any atom is -0.306 e. The molecule has 10 heavy (non-hydrogen) atoms. The second kappa shape index (κ2) is 2.91. The van der Waals surface area contributed by atoms with Gasteiger partial charge in [0.05, 0.1) is 0 Å². The molecule has 1 aliphatic rings. The van der Waals surface area contributed by atoms with Gasteiger partial charge in [-0.15, -0.1) is 0 Å². The molecule has 1 aliphatic heterocycles. The molecule has 60 valence electrons. The Morgan fingerprint density at radius 3 is 1.80 bits per heavy atom. The van der Waals surface area contributed by atoms with Gasteiger partial charge in [-0.05, 0) is 24.8 Å². The van der Waals surface area contributed by atoms with E-state index in [0.29, 0.717) is 0 Å². The first-order valence-corrected chi connectivity index (χ1v) is 4.29. The van der Waals surface area contributed by atoms with Crippen molar-refractivity contribution in [2.75, 3.05) is 20.1 Å². The van der Waals surface area contributed by atoms with Crippen molar-refractivity contribution in [1.29, 1.82) is 0 Å². The van der Waals surface area contributed by atoms with Crippen molar-refractivity contribution < 1.29 is 0 Å². The molecule has 0 aromatic rings. The number of piperidine rings is 1. The van der Waals surface area contributed by atoms with Crippen LogP contribution in [0.5, 0.6) is 0 Å². The molecule has 1 heteroatoms. The van der Waals surface area contributed by atoms with Gasteiger partial charge < -0.3 is 4.90 Å². The molecule has 0 aromatic heterocycles. The lowest BCUT2D eigenvalue weighted by atomic mass is 9.81. The Hall–Kier alpha value is -0.0400. The minimum atomic E-state index is 0.883. The van der Waals surface area contributed by atoms with Crippen LogP contribution >= 0.6 is 0 Å². The summed E-state index contributed by atoms with van der Waals surface area (Å²) in [6.45, 7) is 9.66. The van der Waals surface area contributed by atoms with Crippen LogP contribution in [-0.2, 0) is 0 Å². The zero-order chi connectivity index (χ0) is 7.72. The molecule has 0 radical (unpaired) electrons. The van der Waals surface area contributed by atoms with Crippen LogP contribution in [0.4, 0.5) is 0 Å². The van der Waals surface area contributed by atoms with E-state index in [1.54, 1.807) is 0 Å². The lowest BCUT2D eigenvalue weighted by molar-refractivity contribution is 0.110. The highest BCUT2D eigenvalue weighted by atomic mass is 15.1. The molecule has 0 spiro atoms. The van der Waals surface area contributed by atoms with Crippen LogP contribution in [0.25, 0.3) is 0 Å². The Morgan fingerprint density at radius 2 is 1.40 bits per heavy atom. The summed E-state index contributed by atoms with van der Waals surface area (Å²) in [5.74, 6) is 2.68. The Bertz CT molecular complexity index is 99.3. The van der Waals surface area contributed by atoms with Gasteiger partial charge in [0.15, 0.2) is 0 Å². The Labute approximate surface area is 64.4 Å². The normalized spacial score (nSPS) is 43.8. The number of rotatable bonds is 0. The first-order chi connectivity index (χ1) is 4.61. The molecular formula is C9H19N. The van der Waals surface area contributed by atoms with Crippen molar-refractivity contribution in [1.82, 2.24) is 4.90 Å². The van der Waals surface area contributed by atoms with Crippen LogP contribution in [0.2, 0.25) is 0 Å². The summed E-state index contributed by atoms with van der Waals surface area (Å²) in [6.07, 6.45) is 0. The van der Waals surface area contributed by atoms with Gasteiger partial charge in [0.25, 0.3) is 0 Å². The summed E-state index contributed by atoms with van der Waals surface area (Å²) in [5, 5.41) is 0. The minimum absolute atomic E-state index is 0.883. The van der Waals surface area contributed by atoms with Gasteiger partial charge in [-0.3, -0.25) is 0 Å². The Kier molecular flexibility index (Phi) is 2.35. The molecule has 0 aliphatic carbocycles. The molecule has 1 nitrogen and oxygen atoms in total. The molecule has 0 aromatic carbocycles. The van der Waals surface area contributed by atoms with E-state index in [-0.39, 0.29) is 0 Å². The SMILES string of the molecule is C[C@H]1[C@H](C)CN(C)C[C@@H]1C. The first-order valence-electron chi connectivity index (χ1n) is 4.29. The molecule has 0 amide bonds. The van der Waals surface area contributed by atoms with Gasteiger partial charge in [-0.25, -0.2) is 0 Å². The molecule has 1 saturated heterocycles. The van der Waals surface area contributed by atoms with E-state index in [9.17, 15) is 0 Å². The maximum atomic E-state index is 2.44. The van der Waals surface area contributed by atoms with Crippen LogP contribution in [0, 0.1) is 17.8 Å². The molecule has 0 N–H and O–H groups in total. The average molecular weight is 141 g/mol. The molecule has 1 fully saturated rings. The predicted molar refractivity (Wildman–Crippen MR) is 45.0 cm³/mol. The third-order valence-corrected chi connectivity index (χ3v) is 2.99. The summed E-state index contributed by atoms with van der Waals surface area (Å²) in [6, 6.07) is 0.